The Kier molecular flexibility index (Phi) is 7.12. The van der Waals surface area contributed by atoms with Crippen molar-refractivity contribution in [2.24, 2.45) is 23.7 Å². The maximum absolute atomic E-state index is 5.12. The van der Waals surface area contributed by atoms with Crippen molar-refractivity contribution in [3.8, 4) is 56.4 Å². The van der Waals surface area contributed by atoms with Crippen LogP contribution in [0.4, 0.5) is 0 Å². The van der Waals surface area contributed by atoms with Gasteiger partial charge >= 0.3 is 0 Å². The first-order chi connectivity index (χ1) is 29.2. The van der Waals surface area contributed by atoms with Gasteiger partial charge in [0.2, 0.25) is 0 Å². The highest BCUT2D eigenvalue weighted by atomic mass is 15.0. The highest BCUT2D eigenvalue weighted by Crippen LogP contribution is 2.71. The summed E-state index contributed by atoms with van der Waals surface area (Å²) in [5.74, 6) is 5.05. The van der Waals surface area contributed by atoms with Crippen LogP contribution in [0.15, 0.2) is 176 Å². The van der Waals surface area contributed by atoms with Gasteiger partial charge in [0.05, 0.1) is 5.41 Å². The molecular formula is C56H43N3. The first-order valence-electron chi connectivity index (χ1n) is 21.6. The van der Waals surface area contributed by atoms with Crippen LogP contribution in [-0.4, -0.2) is 15.0 Å². The third-order valence-electron chi connectivity index (χ3n) is 15.2. The predicted molar refractivity (Wildman–Crippen MR) is 237 cm³/mol. The van der Waals surface area contributed by atoms with Gasteiger partial charge in [-0.05, 0) is 124 Å². The normalized spacial score (nSPS) is 23.5. The van der Waals surface area contributed by atoms with Gasteiger partial charge in [0.25, 0.3) is 0 Å². The van der Waals surface area contributed by atoms with Crippen LogP contribution in [0, 0.1) is 23.7 Å². The molecule has 4 bridgehead atoms. The van der Waals surface area contributed by atoms with E-state index in [1.54, 1.807) is 11.1 Å². The Morgan fingerprint density at radius 2 is 0.763 bits per heavy atom. The van der Waals surface area contributed by atoms with E-state index in [1.807, 2.05) is 36.4 Å². The minimum atomic E-state index is -0.383. The monoisotopic (exact) mass is 757 g/mol. The Hall–Kier alpha value is -6.45. The van der Waals surface area contributed by atoms with Crippen LogP contribution in [0.25, 0.3) is 56.4 Å². The minimum Gasteiger partial charge on any atom is -0.208 e. The maximum atomic E-state index is 5.12. The first kappa shape index (κ1) is 33.5. The van der Waals surface area contributed by atoms with Crippen LogP contribution >= 0.6 is 0 Å². The van der Waals surface area contributed by atoms with E-state index >= 15 is 0 Å². The predicted octanol–water partition coefficient (Wildman–Crippen LogP) is 13.0. The molecule has 0 N–H and O–H groups in total. The summed E-state index contributed by atoms with van der Waals surface area (Å²) in [7, 11) is 0. The van der Waals surface area contributed by atoms with E-state index in [4.69, 9.17) is 15.0 Å². The van der Waals surface area contributed by atoms with E-state index < -0.39 is 0 Å². The van der Waals surface area contributed by atoms with Crippen LogP contribution < -0.4 is 0 Å². The number of fused-ring (bicyclic) bond motifs is 9. The first-order valence-corrected chi connectivity index (χ1v) is 21.6. The van der Waals surface area contributed by atoms with E-state index in [-0.39, 0.29) is 10.8 Å². The molecule has 0 amide bonds. The second-order valence-corrected chi connectivity index (χ2v) is 17.9. The van der Waals surface area contributed by atoms with Crippen LogP contribution in [0.3, 0.4) is 0 Å². The zero-order valence-electron chi connectivity index (χ0n) is 32.9. The molecule has 7 aromatic carbocycles. The second-order valence-electron chi connectivity index (χ2n) is 17.9. The summed E-state index contributed by atoms with van der Waals surface area (Å²) >= 11 is 0. The molecule has 3 nitrogen and oxygen atoms in total. The molecule has 1 heterocycles. The molecule has 0 unspecified atom stereocenters. The Labute approximate surface area is 345 Å². The lowest BCUT2D eigenvalue weighted by atomic mass is 9.38. The zero-order valence-corrected chi connectivity index (χ0v) is 32.9. The molecule has 6 aliphatic carbocycles. The van der Waals surface area contributed by atoms with Crippen LogP contribution in [0.1, 0.15) is 65.5 Å². The van der Waals surface area contributed by atoms with Crippen LogP contribution in [-0.2, 0) is 10.8 Å². The fourth-order valence-corrected chi connectivity index (χ4v) is 13.3. The Bertz CT molecular complexity index is 2830. The number of hydrogen-bond acceptors (Lipinski definition) is 3. The zero-order chi connectivity index (χ0) is 38.7. The third-order valence-corrected chi connectivity index (χ3v) is 15.2. The van der Waals surface area contributed by atoms with Gasteiger partial charge in [-0.1, -0.05) is 164 Å². The Balaban J connectivity index is 1.04. The van der Waals surface area contributed by atoms with Crippen molar-refractivity contribution >= 4 is 0 Å². The molecule has 59 heavy (non-hydrogen) atoms. The quantitative estimate of drug-likeness (QED) is 0.179. The summed E-state index contributed by atoms with van der Waals surface area (Å²) in [6.45, 7) is 0. The number of nitrogens with zero attached hydrogens (tertiary/aromatic N) is 3. The maximum Gasteiger partial charge on any atom is 0.164 e. The van der Waals surface area contributed by atoms with Crippen LogP contribution in [0.2, 0.25) is 0 Å². The number of rotatable bonds is 4. The van der Waals surface area contributed by atoms with Gasteiger partial charge in [-0.3, -0.25) is 0 Å². The fraction of sp³-hybridized carbons (Fsp3) is 0.196. The third kappa shape index (κ3) is 4.62. The lowest BCUT2D eigenvalue weighted by Gasteiger charge is -2.65. The van der Waals surface area contributed by atoms with Gasteiger partial charge in [0, 0.05) is 22.1 Å². The highest BCUT2D eigenvalue weighted by Gasteiger charge is 2.64. The van der Waals surface area contributed by atoms with Gasteiger partial charge < -0.3 is 0 Å². The lowest BCUT2D eigenvalue weighted by Crippen LogP contribution is -2.59. The SMILES string of the molecule is c1ccc(-c2nc(-c3ccccc3)nc(-c3cccc(-c4ccc5c(c4)C4(c6ccccc6C56c5ccccc5-c5ccccc56)C5CC6CC(C5)CC4C6)c3)n2)cc1. The molecule has 0 radical (unpaired) electrons. The van der Waals surface area contributed by atoms with Crippen LogP contribution in [0.5, 0.6) is 0 Å². The molecule has 6 aliphatic rings. The molecule has 2 spiro atoms. The molecule has 1 aromatic heterocycles. The molecule has 0 aliphatic heterocycles. The fourth-order valence-electron chi connectivity index (χ4n) is 13.3. The molecule has 14 rings (SSSR count). The van der Waals surface area contributed by atoms with Crippen molar-refractivity contribution in [1.82, 2.24) is 15.0 Å². The summed E-state index contributed by atoms with van der Waals surface area (Å²) < 4.78 is 0. The van der Waals surface area contributed by atoms with Crippen molar-refractivity contribution < 1.29 is 0 Å². The van der Waals surface area contributed by atoms with Gasteiger partial charge in [0.15, 0.2) is 17.5 Å². The van der Waals surface area contributed by atoms with E-state index in [1.165, 1.54) is 76.6 Å². The molecule has 0 saturated heterocycles. The summed E-state index contributed by atoms with van der Waals surface area (Å²) in [6.07, 6.45) is 6.80. The number of benzene rings is 7. The van der Waals surface area contributed by atoms with Gasteiger partial charge in [-0.25, -0.2) is 15.0 Å². The average Bonchev–Trinajstić information content (AvgIpc) is 3.60. The second kappa shape index (κ2) is 12.5. The van der Waals surface area contributed by atoms with Gasteiger partial charge in [-0.15, -0.1) is 0 Å². The number of aromatic nitrogens is 3. The minimum absolute atomic E-state index is 0.0198. The van der Waals surface area contributed by atoms with Gasteiger partial charge in [-0.2, -0.15) is 0 Å². The summed E-state index contributed by atoms with van der Waals surface area (Å²) in [5.41, 5.74) is 16.7. The average molecular weight is 758 g/mol. The Morgan fingerprint density at radius 1 is 0.322 bits per heavy atom. The van der Waals surface area contributed by atoms with E-state index in [0.29, 0.717) is 29.3 Å². The smallest absolute Gasteiger partial charge is 0.164 e. The molecule has 4 saturated carbocycles. The van der Waals surface area contributed by atoms with Crippen molar-refractivity contribution in [2.75, 3.05) is 0 Å². The van der Waals surface area contributed by atoms with Gasteiger partial charge in [0.1, 0.15) is 0 Å². The molecule has 3 heteroatoms. The van der Waals surface area contributed by atoms with E-state index in [0.717, 1.165) is 28.5 Å². The highest BCUT2D eigenvalue weighted by molar-refractivity contribution is 5.89. The molecule has 282 valence electrons. The summed E-state index contributed by atoms with van der Waals surface area (Å²) in [5, 5.41) is 0. The molecular weight excluding hydrogens is 715 g/mol. The standard InChI is InChI=1S/C56H43N3/c1-3-14-37(15-4-1)52-57-53(38-16-5-2-6-17-38)59-54(58-52)41-19-13-18-39(33-41)40-26-27-50-51(34-40)55(42-29-35-28-36(31-42)32-43(55)30-35)48-24-11-12-25-49(48)56(50)46-22-9-7-20-44(46)45-21-8-10-23-47(45)56/h1-27,33-36,42-43H,28-32H2. The summed E-state index contributed by atoms with van der Waals surface area (Å²) in [6, 6.07) is 65.2. The number of hydrogen-bond donors (Lipinski definition) is 0. The summed E-state index contributed by atoms with van der Waals surface area (Å²) in [4.78, 5) is 15.2. The largest absolute Gasteiger partial charge is 0.208 e. The topological polar surface area (TPSA) is 38.7 Å². The van der Waals surface area contributed by atoms with E-state index in [9.17, 15) is 0 Å². The molecule has 8 aromatic rings. The van der Waals surface area contributed by atoms with Crippen molar-refractivity contribution in [3.05, 3.63) is 209 Å². The Morgan fingerprint density at radius 3 is 1.36 bits per heavy atom. The molecule has 0 atom stereocenters. The van der Waals surface area contributed by atoms with E-state index in [2.05, 4.69) is 140 Å². The van der Waals surface area contributed by atoms with Crippen molar-refractivity contribution in [1.29, 1.82) is 0 Å². The molecule has 4 fully saturated rings. The van der Waals surface area contributed by atoms with Crippen molar-refractivity contribution in [3.63, 3.8) is 0 Å². The lowest BCUT2D eigenvalue weighted by molar-refractivity contribution is -0.0440. The van der Waals surface area contributed by atoms with Crippen molar-refractivity contribution in [2.45, 2.75) is 42.9 Å².